The van der Waals surface area contributed by atoms with Crippen LogP contribution in [-0.4, -0.2) is 56.5 Å². The Labute approximate surface area is 153 Å². The fraction of sp³-hybridized carbons (Fsp3) is 0.889. The van der Waals surface area contributed by atoms with E-state index >= 15 is 0 Å². The second-order valence-corrected chi connectivity index (χ2v) is 8.91. The van der Waals surface area contributed by atoms with Gasteiger partial charge in [-0.2, -0.15) is 0 Å². The van der Waals surface area contributed by atoms with Crippen molar-refractivity contribution in [3.8, 4) is 0 Å². The minimum atomic E-state index is -0.521. The van der Waals surface area contributed by atoms with Gasteiger partial charge in [0.15, 0.2) is 5.96 Å². The van der Waals surface area contributed by atoms with Crippen LogP contribution in [0.25, 0.3) is 0 Å². The summed E-state index contributed by atoms with van der Waals surface area (Å²) in [7, 11) is 3.42. The molecule has 0 aliphatic rings. The Kier molecular flexibility index (Phi) is 8.71. The summed E-state index contributed by atoms with van der Waals surface area (Å²) in [5.41, 5.74) is -0.990. The number of nitrogens with one attached hydrogen (secondary N) is 3. The summed E-state index contributed by atoms with van der Waals surface area (Å²) < 4.78 is 10.8. The van der Waals surface area contributed by atoms with Crippen LogP contribution in [0, 0.1) is 5.41 Å². The zero-order valence-corrected chi connectivity index (χ0v) is 17.7. The Morgan fingerprint density at radius 1 is 1.04 bits per heavy atom. The maximum atomic E-state index is 11.9. The van der Waals surface area contributed by atoms with Gasteiger partial charge in [-0.25, -0.2) is 4.79 Å². The van der Waals surface area contributed by atoms with Crippen molar-refractivity contribution in [3.05, 3.63) is 0 Å². The smallest absolute Gasteiger partial charge is 0.408 e. The summed E-state index contributed by atoms with van der Waals surface area (Å²) >= 11 is 0. The number of ether oxygens (including phenoxy) is 2. The SMILES string of the molecule is CN=C(NCC(OC)C(C)(C)C)NCC(C)(C)NC(=O)OC(C)(C)C. The molecule has 0 rings (SSSR count). The molecular formula is C18H38N4O3. The van der Waals surface area contributed by atoms with Gasteiger partial charge in [0, 0.05) is 27.2 Å². The van der Waals surface area contributed by atoms with Crippen molar-refractivity contribution >= 4 is 12.1 Å². The number of nitrogens with zero attached hydrogens (tertiary/aromatic N) is 1. The molecule has 0 aliphatic heterocycles. The normalized spacial score (nSPS) is 14.7. The minimum Gasteiger partial charge on any atom is -0.444 e. The van der Waals surface area contributed by atoms with Crippen molar-refractivity contribution in [2.24, 2.45) is 10.4 Å². The van der Waals surface area contributed by atoms with E-state index in [1.54, 1.807) is 14.2 Å². The van der Waals surface area contributed by atoms with Crippen LogP contribution < -0.4 is 16.0 Å². The first-order chi connectivity index (χ1) is 11.2. The lowest BCUT2D eigenvalue weighted by atomic mass is 9.89. The molecule has 1 amide bonds. The van der Waals surface area contributed by atoms with Gasteiger partial charge in [-0.15, -0.1) is 0 Å². The van der Waals surface area contributed by atoms with Crippen LogP contribution >= 0.6 is 0 Å². The molecule has 7 heteroatoms. The lowest BCUT2D eigenvalue weighted by Crippen LogP contribution is -2.55. The number of guanidine groups is 1. The third-order valence-corrected chi connectivity index (χ3v) is 3.47. The molecule has 0 fully saturated rings. The molecule has 0 spiro atoms. The van der Waals surface area contributed by atoms with Gasteiger partial charge in [0.2, 0.25) is 0 Å². The molecule has 0 aliphatic carbocycles. The highest BCUT2D eigenvalue weighted by Crippen LogP contribution is 2.20. The molecule has 0 radical (unpaired) electrons. The second-order valence-electron chi connectivity index (χ2n) is 8.91. The first-order valence-electron chi connectivity index (χ1n) is 8.68. The molecular weight excluding hydrogens is 320 g/mol. The summed E-state index contributed by atoms with van der Waals surface area (Å²) in [4.78, 5) is 16.1. The highest BCUT2D eigenvalue weighted by molar-refractivity contribution is 5.79. The molecule has 0 saturated carbocycles. The first-order valence-corrected chi connectivity index (χ1v) is 8.68. The molecule has 0 heterocycles. The van der Waals surface area contributed by atoms with E-state index in [0.29, 0.717) is 19.0 Å². The number of hydrogen-bond acceptors (Lipinski definition) is 4. The quantitative estimate of drug-likeness (QED) is 0.502. The van der Waals surface area contributed by atoms with Crippen molar-refractivity contribution in [1.29, 1.82) is 0 Å². The zero-order valence-electron chi connectivity index (χ0n) is 17.7. The maximum Gasteiger partial charge on any atom is 0.408 e. The lowest BCUT2D eigenvalue weighted by molar-refractivity contribution is 0.0205. The standard InChI is InChI=1S/C18H38N4O3/c1-16(2,3)13(24-10)11-20-14(19-9)21-12-18(7,8)22-15(23)25-17(4,5)6/h13H,11-12H2,1-10H3,(H,22,23)(H2,19,20,21). The summed E-state index contributed by atoms with van der Waals surface area (Å²) in [5.74, 6) is 0.658. The van der Waals surface area contributed by atoms with E-state index in [9.17, 15) is 4.79 Å². The third-order valence-electron chi connectivity index (χ3n) is 3.47. The van der Waals surface area contributed by atoms with E-state index < -0.39 is 17.2 Å². The average Bonchev–Trinajstić information content (AvgIpc) is 2.38. The number of carbonyl (C=O) groups excluding carboxylic acids is 1. The Hall–Kier alpha value is -1.50. The number of rotatable bonds is 6. The van der Waals surface area contributed by atoms with E-state index in [1.165, 1.54) is 0 Å². The van der Waals surface area contributed by atoms with Gasteiger partial charge < -0.3 is 25.4 Å². The molecule has 3 N–H and O–H groups in total. The molecule has 7 nitrogen and oxygen atoms in total. The Balaban J connectivity index is 4.52. The predicted octanol–water partition coefficient (Wildman–Crippen LogP) is 2.52. The van der Waals surface area contributed by atoms with E-state index in [-0.39, 0.29) is 11.5 Å². The number of aliphatic imine (C=N–C) groups is 1. The largest absolute Gasteiger partial charge is 0.444 e. The third kappa shape index (κ3) is 10.9. The van der Waals surface area contributed by atoms with Gasteiger partial charge in [0.1, 0.15) is 5.60 Å². The molecule has 25 heavy (non-hydrogen) atoms. The zero-order chi connectivity index (χ0) is 19.9. The predicted molar refractivity (Wildman–Crippen MR) is 103 cm³/mol. The first kappa shape index (κ1) is 23.5. The maximum absolute atomic E-state index is 11.9. The molecule has 0 bridgehead atoms. The highest BCUT2D eigenvalue weighted by atomic mass is 16.6. The number of carbonyl (C=O) groups is 1. The van der Waals surface area contributed by atoms with E-state index in [2.05, 4.69) is 41.7 Å². The molecule has 0 aromatic heterocycles. The van der Waals surface area contributed by atoms with Crippen LogP contribution in [-0.2, 0) is 9.47 Å². The molecule has 1 unspecified atom stereocenters. The van der Waals surface area contributed by atoms with Crippen LogP contribution in [0.15, 0.2) is 4.99 Å². The number of methoxy groups -OCH3 is 1. The fourth-order valence-electron chi connectivity index (χ4n) is 2.08. The number of alkyl carbamates (subject to hydrolysis) is 1. The van der Waals surface area contributed by atoms with E-state index in [1.807, 2.05) is 34.6 Å². The second kappa shape index (κ2) is 9.27. The molecule has 0 saturated heterocycles. The molecule has 1 atom stereocenters. The Morgan fingerprint density at radius 2 is 1.60 bits per heavy atom. The Bertz CT molecular complexity index is 448. The fourth-order valence-corrected chi connectivity index (χ4v) is 2.08. The Morgan fingerprint density at radius 3 is 2.00 bits per heavy atom. The van der Waals surface area contributed by atoms with Crippen molar-refractivity contribution in [2.75, 3.05) is 27.2 Å². The average molecular weight is 359 g/mol. The molecule has 0 aromatic rings. The monoisotopic (exact) mass is 358 g/mol. The van der Waals surface area contributed by atoms with Gasteiger partial charge in [0.05, 0.1) is 11.6 Å². The van der Waals surface area contributed by atoms with Gasteiger partial charge >= 0.3 is 6.09 Å². The summed E-state index contributed by atoms with van der Waals surface area (Å²) in [6.45, 7) is 16.9. The summed E-state index contributed by atoms with van der Waals surface area (Å²) in [6.07, 6.45) is -0.381. The van der Waals surface area contributed by atoms with Crippen LogP contribution in [0.4, 0.5) is 4.79 Å². The van der Waals surface area contributed by atoms with Crippen molar-refractivity contribution in [1.82, 2.24) is 16.0 Å². The topological polar surface area (TPSA) is 84.0 Å². The highest BCUT2D eigenvalue weighted by Gasteiger charge is 2.26. The summed E-state index contributed by atoms with van der Waals surface area (Å²) in [6, 6.07) is 0. The van der Waals surface area contributed by atoms with Crippen LogP contribution in [0.1, 0.15) is 55.4 Å². The number of amides is 1. The van der Waals surface area contributed by atoms with Crippen molar-refractivity contribution in [3.63, 3.8) is 0 Å². The molecule has 148 valence electrons. The molecule has 0 aromatic carbocycles. The lowest BCUT2D eigenvalue weighted by Gasteiger charge is -2.31. The number of hydrogen-bond donors (Lipinski definition) is 3. The van der Waals surface area contributed by atoms with Crippen LogP contribution in [0.5, 0.6) is 0 Å². The van der Waals surface area contributed by atoms with E-state index in [0.717, 1.165) is 0 Å². The van der Waals surface area contributed by atoms with Crippen LogP contribution in [0.2, 0.25) is 0 Å². The van der Waals surface area contributed by atoms with Crippen molar-refractivity contribution < 1.29 is 14.3 Å². The van der Waals surface area contributed by atoms with E-state index in [4.69, 9.17) is 9.47 Å². The van der Waals surface area contributed by atoms with Crippen molar-refractivity contribution in [2.45, 2.75) is 72.6 Å². The van der Waals surface area contributed by atoms with Crippen LogP contribution in [0.3, 0.4) is 0 Å². The van der Waals surface area contributed by atoms with Gasteiger partial charge in [-0.3, -0.25) is 4.99 Å². The minimum absolute atomic E-state index is 0.0259. The van der Waals surface area contributed by atoms with Gasteiger partial charge in [-0.05, 0) is 40.0 Å². The van der Waals surface area contributed by atoms with Gasteiger partial charge in [-0.1, -0.05) is 20.8 Å². The summed E-state index contributed by atoms with van der Waals surface area (Å²) in [5, 5.41) is 9.34. The van der Waals surface area contributed by atoms with Gasteiger partial charge in [0.25, 0.3) is 0 Å².